The second-order valence-electron chi connectivity index (χ2n) is 4.80. The van der Waals surface area contributed by atoms with Gasteiger partial charge < -0.3 is 19.4 Å². The van der Waals surface area contributed by atoms with Crippen LogP contribution >= 0.6 is 0 Å². The Morgan fingerprint density at radius 1 is 1.33 bits per heavy atom. The molecule has 0 aromatic carbocycles. The van der Waals surface area contributed by atoms with Gasteiger partial charge in [0.15, 0.2) is 0 Å². The predicted molar refractivity (Wildman–Crippen MR) is 77.0 cm³/mol. The van der Waals surface area contributed by atoms with E-state index in [1.54, 1.807) is 23.6 Å². The fourth-order valence-corrected chi connectivity index (χ4v) is 2.20. The van der Waals surface area contributed by atoms with Crippen LogP contribution in [0.1, 0.15) is 16.1 Å². The number of hydrogen-bond donors (Lipinski definition) is 1. The lowest BCUT2D eigenvalue weighted by molar-refractivity contribution is 0.0302. The molecule has 2 aromatic rings. The smallest absolute Gasteiger partial charge is 0.255 e. The summed E-state index contributed by atoms with van der Waals surface area (Å²) in [5, 5.41) is 3.19. The van der Waals surface area contributed by atoms with E-state index in [2.05, 4.69) is 10.3 Å². The zero-order valence-corrected chi connectivity index (χ0v) is 11.6. The lowest BCUT2D eigenvalue weighted by Crippen LogP contribution is -2.40. The number of pyridine rings is 1. The average molecular weight is 287 g/mol. The van der Waals surface area contributed by atoms with Crippen LogP contribution in [-0.4, -0.2) is 42.1 Å². The highest BCUT2D eigenvalue weighted by atomic mass is 16.5. The van der Waals surface area contributed by atoms with Gasteiger partial charge in [-0.3, -0.25) is 9.78 Å². The lowest BCUT2D eigenvalue weighted by Gasteiger charge is -2.26. The van der Waals surface area contributed by atoms with Crippen molar-refractivity contribution >= 4 is 11.6 Å². The van der Waals surface area contributed by atoms with Crippen LogP contribution in [0.25, 0.3) is 0 Å². The number of amides is 1. The molecule has 0 saturated carbocycles. The van der Waals surface area contributed by atoms with Crippen molar-refractivity contribution in [2.75, 3.05) is 31.6 Å². The molecule has 2 aromatic heterocycles. The van der Waals surface area contributed by atoms with E-state index in [4.69, 9.17) is 9.15 Å². The van der Waals surface area contributed by atoms with E-state index in [9.17, 15) is 4.79 Å². The number of hydrogen-bond acceptors (Lipinski definition) is 5. The first kappa shape index (κ1) is 13.6. The van der Waals surface area contributed by atoms with E-state index >= 15 is 0 Å². The van der Waals surface area contributed by atoms with Crippen LogP contribution in [0, 0.1) is 0 Å². The summed E-state index contributed by atoms with van der Waals surface area (Å²) >= 11 is 0. The van der Waals surface area contributed by atoms with Gasteiger partial charge in [0.2, 0.25) is 0 Å². The average Bonchev–Trinajstić information content (AvgIpc) is 3.07. The number of rotatable bonds is 4. The quantitative estimate of drug-likeness (QED) is 0.928. The fraction of sp³-hybridized carbons (Fsp3) is 0.333. The van der Waals surface area contributed by atoms with Crippen molar-refractivity contribution in [1.82, 2.24) is 9.88 Å². The van der Waals surface area contributed by atoms with Gasteiger partial charge in [-0.25, -0.2) is 0 Å². The van der Waals surface area contributed by atoms with Gasteiger partial charge in [-0.1, -0.05) is 0 Å². The summed E-state index contributed by atoms with van der Waals surface area (Å²) < 4.78 is 10.5. The first-order valence-electron chi connectivity index (χ1n) is 6.91. The molecule has 1 saturated heterocycles. The number of carbonyl (C=O) groups is 1. The molecule has 1 fully saturated rings. The van der Waals surface area contributed by atoms with Crippen LogP contribution < -0.4 is 5.32 Å². The number of furan rings is 1. The third kappa shape index (κ3) is 3.41. The molecule has 110 valence electrons. The first-order valence-corrected chi connectivity index (χ1v) is 6.91. The van der Waals surface area contributed by atoms with Gasteiger partial charge in [-0.2, -0.15) is 0 Å². The van der Waals surface area contributed by atoms with Crippen LogP contribution in [0.15, 0.2) is 41.3 Å². The predicted octanol–water partition coefficient (Wildman–Crippen LogP) is 1.76. The van der Waals surface area contributed by atoms with Crippen molar-refractivity contribution in [3.05, 3.63) is 48.2 Å². The Hall–Kier alpha value is -2.34. The van der Waals surface area contributed by atoms with E-state index in [0.29, 0.717) is 38.4 Å². The van der Waals surface area contributed by atoms with Gasteiger partial charge >= 0.3 is 0 Å². The van der Waals surface area contributed by atoms with E-state index < -0.39 is 0 Å². The van der Waals surface area contributed by atoms with Gasteiger partial charge in [-0.15, -0.1) is 0 Å². The topological polar surface area (TPSA) is 67.6 Å². The maximum atomic E-state index is 12.4. The number of nitrogens with zero attached hydrogens (tertiary/aromatic N) is 2. The highest BCUT2D eigenvalue weighted by Gasteiger charge is 2.18. The molecule has 21 heavy (non-hydrogen) atoms. The van der Waals surface area contributed by atoms with Crippen molar-refractivity contribution in [2.24, 2.45) is 0 Å². The molecule has 1 amide bonds. The second kappa shape index (κ2) is 6.41. The van der Waals surface area contributed by atoms with Crippen LogP contribution in [-0.2, 0) is 11.3 Å². The van der Waals surface area contributed by atoms with Gasteiger partial charge in [0.1, 0.15) is 5.76 Å². The van der Waals surface area contributed by atoms with Gasteiger partial charge in [0.05, 0.1) is 37.3 Å². The number of carbonyl (C=O) groups excluding carboxylic acids is 1. The Labute approximate surface area is 122 Å². The molecule has 0 radical (unpaired) electrons. The summed E-state index contributed by atoms with van der Waals surface area (Å²) in [5.41, 5.74) is 1.38. The Morgan fingerprint density at radius 2 is 2.19 bits per heavy atom. The maximum Gasteiger partial charge on any atom is 0.255 e. The van der Waals surface area contributed by atoms with Crippen LogP contribution in [0.2, 0.25) is 0 Å². The molecule has 3 heterocycles. The molecule has 0 unspecified atom stereocenters. The Balaban J connectivity index is 1.66. The number of ether oxygens (including phenoxy) is 1. The van der Waals surface area contributed by atoms with Crippen molar-refractivity contribution in [3.63, 3.8) is 0 Å². The summed E-state index contributed by atoms with van der Waals surface area (Å²) in [6, 6.07) is 5.55. The zero-order chi connectivity index (χ0) is 14.5. The molecule has 0 atom stereocenters. The summed E-state index contributed by atoms with van der Waals surface area (Å²) in [4.78, 5) is 18.3. The third-order valence-corrected chi connectivity index (χ3v) is 3.33. The molecule has 3 rings (SSSR count). The van der Waals surface area contributed by atoms with Crippen LogP contribution in [0.5, 0.6) is 0 Å². The van der Waals surface area contributed by atoms with E-state index in [-0.39, 0.29) is 5.91 Å². The first-order chi connectivity index (χ1) is 10.3. The SMILES string of the molecule is O=C(c1cncc(NCc2ccco2)c1)N1CCOCC1. The summed E-state index contributed by atoms with van der Waals surface area (Å²) in [6.07, 6.45) is 4.92. The van der Waals surface area contributed by atoms with E-state index in [1.807, 2.05) is 18.2 Å². The standard InChI is InChI=1S/C15H17N3O3/c19-15(18-3-6-20-7-4-18)12-8-13(10-16-9-12)17-11-14-2-1-5-21-14/h1-2,5,8-10,17H,3-4,6-7,11H2. The van der Waals surface area contributed by atoms with Crippen LogP contribution in [0.3, 0.4) is 0 Å². The molecule has 0 bridgehead atoms. The number of anilines is 1. The normalized spacial score (nSPS) is 15.0. The Kier molecular flexibility index (Phi) is 4.16. The van der Waals surface area contributed by atoms with E-state index in [1.165, 1.54) is 0 Å². The lowest BCUT2D eigenvalue weighted by atomic mass is 10.2. The van der Waals surface area contributed by atoms with Crippen LogP contribution in [0.4, 0.5) is 5.69 Å². The minimum absolute atomic E-state index is 0.00699. The van der Waals surface area contributed by atoms with Crippen molar-refractivity contribution in [3.8, 4) is 0 Å². The minimum atomic E-state index is -0.00699. The molecule has 6 heteroatoms. The molecule has 1 aliphatic heterocycles. The summed E-state index contributed by atoms with van der Waals surface area (Å²) in [6.45, 7) is 3.00. The Morgan fingerprint density at radius 3 is 2.95 bits per heavy atom. The fourth-order valence-electron chi connectivity index (χ4n) is 2.20. The second-order valence-corrected chi connectivity index (χ2v) is 4.80. The number of aromatic nitrogens is 1. The van der Waals surface area contributed by atoms with Crippen molar-refractivity contribution in [2.45, 2.75) is 6.54 Å². The molecule has 6 nitrogen and oxygen atoms in total. The van der Waals surface area contributed by atoms with Crippen molar-refractivity contribution in [1.29, 1.82) is 0 Å². The summed E-state index contributed by atoms with van der Waals surface area (Å²) in [7, 11) is 0. The Bertz CT molecular complexity index is 592. The molecule has 1 N–H and O–H groups in total. The third-order valence-electron chi connectivity index (χ3n) is 3.33. The monoisotopic (exact) mass is 287 g/mol. The molecular weight excluding hydrogens is 270 g/mol. The van der Waals surface area contributed by atoms with Gasteiger partial charge in [-0.05, 0) is 18.2 Å². The minimum Gasteiger partial charge on any atom is -0.467 e. The molecule has 1 aliphatic rings. The van der Waals surface area contributed by atoms with Gasteiger partial charge in [0, 0.05) is 25.5 Å². The zero-order valence-electron chi connectivity index (χ0n) is 11.6. The largest absolute Gasteiger partial charge is 0.467 e. The van der Waals surface area contributed by atoms with E-state index in [0.717, 1.165) is 11.4 Å². The molecular formula is C15H17N3O3. The highest BCUT2D eigenvalue weighted by molar-refractivity contribution is 5.94. The number of morpholine rings is 1. The highest BCUT2D eigenvalue weighted by Crippen LogP contribution is 2.13. The molecule has 0 aliphatic carbocycles. The summed E-state index contributed by atoms with van der Waals surface area (Å²) in [5.74, 6) is 0.826. The molecule has 0 spiro atoms. The van der Waals surface area contributed by atoms with Crippen molar-refractivity contribution < 1.29 is 13.9 Å². The van der Waals surface area contributed by atoms with Gasteiger partial charge in [0.25, 0.3) is 5.91 Å². The maximum absolute atomic E-state index is 12.4. The number of nitrogens with one attached hydrogen (secondary N) is 1.